The Kier molecular flexibility index (Phi) is 7.77. The summed E-state index contributed by atoms with van der Waals surface area (Å²) in [6.07, 6.45) is 1.42. The maximum absolute atomic E-state index is 13.4. The number of anilines is 1. The predicted octanol–water partition coefficient (Wildman–Crippen LogP) is 6.24. The summed E-state index contributed by atoms with van der Waals surface area (Å²) in [7, 11) is 0. The van der Waals surface area contributed by atoms with Crippen molar-refractivity contribution >= 4 is 86.4 Å². The van der Waals surface area contributed by atoms with E-state index in [-0.39, 0.29) is 23.7 Å². The molecule has 1 fully saturated rings. The fraction of sp³-hybridized carbons (Fsp3) is 0.0800. The van der Waals surface area contributed by atoms with Gasteiger partial charge in [-0.3, -0.25) is 14.9 Å². The molecular formula is C25H16ClFI2N2O4. The molecule has 3 aromatic rings. The summed E-state index contributed by atoms with van der Waals surface area (Å²) < 4.78 is 20.8. The lowest BCUT2D eigenvalue weighted by molar-refractivity contribution is -0.122. The number of benzene rings is 3. The van der Waals surface area contributed by atoms with Gasteiger partial charge >= 0.3 is 6.03 Å². The van der Waals surface area contributed by atoms with Crippen LogP contribution in [0.15, 0.2) is 60.2 Å². The van der Waals surface area contributed by atoms with E-state index < -0.39 is 17.8 Å². The number of hydrogen-bond donors (Lipinski definition) is 1. The number of imide groups is 2. The molecule has 1 N–H and O–H groups in total. The monoisotopic (exact) mass is 716 g/mol. The number of barbiturate groups is 1. The summed E-state index contributed by atoms with van der Waals surface area (Å²) >= 11 is 10.3. The van der Waals surface area contributed by atoms with Crippen LogP contribution in [0.1, 0.15) is 16.7 Å². The Morgan fingerprint density at radius 1 is 1.06 bits per heavy atom. The second-order valence-corrected chi connectivity index (χ2v) is 10.4. The molecule has 178 valence electrons. The molecule has 4 rings (SSSR count). The van der Waals surface area contributed by atoms with Gasteiger partial charge in [0.25, 0.3) is 11.8 Å². The molecule has 0 atom stereocenters. The molecule has 0 bridgehead atoms. The van der Waals surface area contributed by atoms with Crippen molar-refractivity contribution in [1.82, 2.24) is 5.32 Å². The quantitative estimate of drug-likeness (QED) is 0.193. The molecule has 35 heavy (non-hydrogen) atoms. The third-order valence-corrected chi connectivity index (χ3v) is 7.13. The first kappa shape index (κ1) is 25.6. The van der Waals surface area contributed by atoms with Gasteiger partial charge in [0.15, 0.2) is 0 Å². The lowest BCUT2D eigenvalue weighted by atomic mass is 10.1. The van der Waals surface area contributed by atoms with Crippen molar-refractivity contribution in [3.8, 4) is 5.75 Å². The minimum atomic E-state index is -0.845. The number of carbonyl (C=O) groups is 3. The zero-order valence-corrected chi connectivity index (χ0v) is 23.1. The smallest absolute Gasteiger partial charge is 0.335 e. The molecule has 0 radical (unpaired) electrons. The maximum atomic E-state index is 13.4. The molecule has 6 nitrogen and oxygen atoms in total. The fourth-order valence-electron chi connectivity index (χ4n) is 3.36. The largest absolute Gasteiger partial charge is 0.487 e. The van der Waals surface area contributed by atoms with Gasteiger partial charge in [-0.2, -0.15) is 0 Å². The first-order chi connectivity index (χ1) is 16.6. The number of carbonyl (C=O) groups excluding carboxylic acids is 3. The molecule has 0 aromatic heterocycles. The van der Waals surface area contributed by atoms with Crippen LogP contribution >= 0.6 is 56.8 Å². The van der Waals surface area contributed by atoms with E-state index >= 15 is 0 Å². The van der Waals surface area contributed by atoms with Crippen molar-refractivity contribution in [2.45, 2.75) is 13.5 Å². The molecule has 0 unspecified atom stereocenters. The topological polar surface area (TPSA) is 75.7 Å². The van der Waals surface area contributed by atoms with Crippen LogP contribution in [0, 0.1) is 19.9 Å². The Hall–Kier alpha value is -2.51. The van der Waals surface area contributed by atoms with Gasteiger partial charge in [-0.05, 0) is 111 Å². The number of rotatable bonds is 5. The summed E-state index contributed by atoms with van der Waals surface area (Å²) in [5.41, 5.74) is 2.11. The highest BCUT2D eigenvalue weighted by atomic mass is 127. The van der Waals surface area contributed by atoms with E-state index in [2.05, 4.69) is 50.5 Å². The van der Waals surface area contributed by atoms with Crippen LogP contribution in [0.25, 0.3) is 6.08 Å². The first-order valence-corrected chi connectivity index (χ1v) is 12.7. The molecule has 3 aromatic carbocycles. The normalized spacial score (nSPS) is 14.9. The average molecular weight is 717 g/mol. The Labute approximate surface area is 232 Å². The van der Waals surface area contributed by atoms with Crippen LogP contribution in [0.2, 0.25) is 5.02 Å². The van der Waals surface area contributed by atoms with Gasteiger partial charge in [0, 0.05) is 5.02 Å². The van der Waals surface area contributed by atoms with Crippen molar-refractivity contribution in [1.29, 1.82) is 0 Å². The van der Waals surface area contributed by atoms with Crippen LogP contribution in [0.3, 0.4) is 0 Å². The van der Waals surface area contributed by atoms with E-state index in [4.69, 9.17) is 16.3 Å². The average Bonchev–Trinajstić information content (AvgIpc) is 2.78. The lowest BCUT2D eigenvalue weighted by Crippen LogP contribution is -2.54. The highest BCUT2D eigenvalue weighted by Gasteiger charge is 2.37. The molecule has 0 spiro atoms. The van der Waals surface area contributed by atoms with Gasteiger partial charge in [-0.1, -0.05) is 29.8 Å². The number of aryl methyl sites for hydroxylation is 1. The van der Waals surface area contributed by atoms with Crippen LogP contribution < -0.4 is 15.0 Å². The Morgan fingerprint density at radius 3 is 2.43 bits per heavy atom. The van der Waals surface area contributed by atoms with Crippen LogP contribution in [0.5, 0.6) is 5.75 Å². The summed E-state index contributed by atoms with van der Waals surface area (Å²) in [6.45, 7) is 1.98. The highest BCUT2D eigenvalue weighted by molar-refractivity contribution is 14.1. The van der Waals surface area contributed by atoms with Gasteiger partial charge < -0.3 is 4.74 Å². The highest BCUT2D eigenvalue weighted by Crippen LogP contribution is 2.32. The Morgan fingerprint density at radius 2 is 1.77 bits per heavy atom. The number of nitrogens with zero attached hydrogens (tertiary/aromatic N) is 1. The molecule has 1 aliphatic heterocycles. The SMILES string of the molecule is Cc1ccc(N2C(=O)NC(=O)/C(=C/c3cc(I)c(OCc4cccc(F)c4)c(I)c3)C2=O)cc1Cl. The molecule has 4 amide bonds. The first-order valence-electron chi connectivity index (χ1n) is 10.2. The second kappa shape index (κ2) is 10.6. The standard InChI is InChI=1S/C25H16ClFI2N2O4/c1-13-5-6-17(11-19(13)26)31-24(33)18(23(32)30-25(31)34)8-15-9-20(28)22(21(29)10-15)35-12-14-3-2-4-16(27)7-14/h2-11H,12H2,1H3,(H,30,32,34)/b18-8-. The number of urea groups is 1. The lowest BCUT2D eigenvalue weighted by Gasteiger charge is -2.26. The number of amides is 4. The van der Waals surface area contributed by atoms with E-state index in [1.54, 1.807) is 43.3 Å². The van der Waals surface area contributed by atoms with E-state index in [1.807, 2.05) is 0 Å². The van der Waals surface area contributed by atoms with Crippen LogP contribution in [0.4, 0.5) is 14.9 Å². The fourth-order valence-corrected chi connectivity index (χ4v) is 5.66. The predicted molar refractivity (Wildman–Crippen MR) is 148 cm³/mol. The van der Waals surface area contributed by atoms with Crippen molar-refractivity contribution in [2.24, 2.45) is 0 Å². The zero-order chi connectivity index (χ0) is 25.3. The molecule has 0 saturated carbocycles. The molecule has 1 heterocycles. The maximum Gasteiger partial charge on any atom is 0.335 e. The van der Waals surface area contributed by atoms with Gasteiger partial charge in [0.05, 0.1) is 12.8 Å². The third kappa shape index (κ3) is 5.67. The van der Waals surface area contributed by atoms with Crippen molar-refractivity contribution in [3.63, 3.8) is 0 Å². The number of hydrogen-bond acceptors (Lipinski definition) is 4. The summed E-state index contributed by atoms with van der Waals surface area (Å²) in [4.78, 5) is 39.0. The molecular weight excluding hydrogens is 701 g/mol. The van der Waals surface area contributed by atoms with Crippen molar-refractivity contribution in [2.75, 3.05) is 4.90 Å². The zero-order valence-electron chi connectivity index (χ0n) is 18.1. The molecule has 1 saturated heterocycles. The number of nitrogens with one attached hydrogen (secondary N) is 1. The van der Waals surface area contributed by atoms with Crippen LogP contribution in [-0.4, -0.2) is 17.8 Å². The Bertz CT molecular complexity index is 1390. The van der Waals surface area contributed by atoms with E-state index in [0.29, 0.717) is 21.9 Å². The van der Waals surface area contributed by atoms with E-state index in [0.717, 1.165) is 17.6 Å². The summed E-state index contributed by atoms with van der Waals surface area (Å²) in [5.74, 6) is -1.28. The van der Waals surface area contributed by atoms with Crippen molar-refractivity contribution < 1.29 is 23.5 Å². The van der Waals surface area contributed by atoms with Crippen molar-refractivity contribution in [3.05, 3.63) is 94.8 Å². The molecule has 1 aliphatic rings. The molecule has 10 heteroatoms. The van der Waals surface area contributed by atoms with E-state index in [9.17, 15) is 18.8 Å². The van der Waals surface area contributed by atoms with Gasteiger partial charge in [-0.15, -0.1) is 0 Å². The van der Waals surface area contributed by atoms with E-state index in [1.165, 1.54) is 24.3 Å². The molecule has 0 aliphatic carbocycles. The second-order valence-electron chi connectivity index (χ2n) is 7.62. The minimum absolute atomic E-state index is 0.182. The van der Waals surface area contributed by atoms with Gasteiger partial charge in [-0.25, -0.2) is 14.1 Å². The number of ether oxygens (including phenoxy) is 1. The summed E-state index contributed by atoms with van der Waals surface area (Å²) in [6, 6.07) is 13.6. The van der Waals surface area contributed by atoms with Crippen LogP contribution in [-0.2, 0) is 16.2 Å². The third-order valence-electron chi connectivity index (χ3n) is 5.12. The summed E-state index contributed by atoms with van der Waals surface area (Å²) in [5, 5.41) is 2.60. The minimum Gasteiger partial charge on any atom is -0.487 e. The number of halogens is 4. The Balaban J connectivity index is 1.62. The van der Waals surface area contributed by atoms with Gasteiger partial charge in [0.1, 0.15) is 23.7 Å². The van der Waals surface area contributed by atoms with Gasteiger partial charge in [0.2, 0.25) is 0 Å².